The normalized spacial score (nSPS) is 11.7. The lowest BCUT2D eigenvalue weighted by Crippen LogP contribution is -2.00. The molecular weight excluding hydrogens is 597 g/mol. The van der Waals surface area contributed by atoms with Gasteiger partial charge in [0.25, 0.3) is 0 Å². The summed E-state index contributed by atoms with van der Waals surface area (Å²) in [5.41, 5.74) is 6.41. The van der Waals surface area contributed by atoms with E-state index in [4.69, 9.17) is 15.0 Å². The van der Waals surface area contributed by atoms with Gasteiger partial charge in [0, 0.05) is 33.2 Å². The van der Waals surface area contributed by atoms with Crippen LogP contribution in [-0.4, -0.2) is 19.5 Å². The summed E-state index contributed by atoms with van der Waals surface area (Å²) in [6.45, 7) is 0. The highest BCUT2D eigenvalue weighted by Crippen LogP contribution is 2.41. The van der Waals surface area contributed by atoms with Gasteiger partial charge in [-0.05, 0) is 68.7 Å². The Morgan fingerprint density at radius 2 is 0.755 bits per heavy atom. The first-order valence-corrected chi connectivity index (χ1v) is 16.5. The molecule has 0 saturated heterocycles. The van der Waals surface area contributed by atoms with Gasteiger partial charge in [-0.1, -0.05) is 133 Å². The van der Waals surface area contributed by atoms with E-state index < -0.39 is 0 Å². The lowest BCUT2D eigenvalue weighted by Gasteiger charge is -2.14. The van der Waals surface area contributed by atoms with Crippen molar-refractivity contribution < 1.29 is 0 Å². The number of fused-ring (bicyclic) bond motifs is 9. The van der Waals surface area contributed by atoms with Crippen molar-refractivity contribution in [1.82, 2.24) is 19.5 Å². The number of para-hydroxylation sites is 2. The predicted octanol–water partition coefficient (Wildman–Crippen LogP) is 11.4. The fourth-order valence-corrected chi connectivity index (χ4v) is 7.35. The zero-order chi connectivity index (χ0) is 32.3. The van der Waals surface area contributed by atoms with Gasteiger partial charge in [-0.15, -0.1) is 0 Å². The summed E-state index contributed by atoms with van der Waals surface area (Å²) in [4.78, 5) is 15.0. The molecular formula is C45H28N4. The monoisotopic (exact) mass is 624 g/mol. The molecule has 49 heavy (non-hydrogen) atoms. The van der Waals surface area contributed by atoms with Crippen LogP contribution >= 0.6 is 0 Å². The Labute approximate surface area is 282 Å². The zero-order valence-corrected chi connectivity index (χ0v) is 26.5. The van der Waals surface area contributed by atoms with Crippen molar-refractivity contribution in [2.75, 3.05) is 0 Å². The summed E-state index contributed by atoms with van der Waals surface area (Å²) in [6.07, 6.45) is 0. The fraction of sp³-hybridized carbons (Fsp3) is 0. The average Bonchev–Trinajstić information content (AvgIpc) is 3.51. The number of rotatable bonds is 4. The van der Waals surface area contributed by atoms with Crippen LogP contribution in [0.2, 0.25) is 0 Å². The van der Waals surface area contributed by atoms with Gasteiger partial charge in [0.05, 0.1) is 11.0 Å². The Morgan fingerprint density at radius 3 is 1.39 bits per heavy atom. The zero-order valence-electron chi connectivity index (χ0n) is 26.5. The van der Waals surface area contributed by atoms with Crippen molar-refractivity contribution in [2.45, 2.75) is 0 Å². The highest BCUT2D eigenvalue weighted by molar-refractivity contribution is 6.29. The van der Waals surface area contributed by atoms with Crippen molar-refractivity contribution in [3.63, 3.8) is 0 Å². The van der Waals surface area contributed by atoms with E-state index in [1.807, 2.05) is 60.7 Å². The van der Waals surface area contributed by atoms with E-state index in [9.17, 15) is 0 Å². The molecule has 0 aliphatic rings. The Morgan fingerprint density at radius 1 is 0.286 bits per heavy atom. The number of hydrogen-bond donors (Lipinski definition) is 0. The molecule has 2 aromatic heterocycles. The molecule has 0 fully saturated rings. The maximum Gasteiger partial charge on any atom is 0.164 e. The molecule has 4 nitrogen and oxygen atoms in total. The second-order valence-corrected chi connectivity index (χ2v) is 12.4. The Kier molecular flexibility index (Phi) is 6.15. The molecule has 0 atom stereocenters. The average molecular weight is 625 g/mol. The van der Waals surface area contributed by atoms with Crippen LogP contribution in [0.5, 0.6) is 0 Å². The molecule has 0 bridgehead atoms. The Balaban J connectivity index is 1.26. The van der Waals surface area contributed by atoms with Gasteiger partial charge in [0.15, 0.2) is 17.5 Å². The third-order valence-corrected chi connectivity index (χ3v) is 9.60. The van der Waals surface area contributed by atoms with E-state index in [-0.39, 0.29) is 0 Å². The van der Waals surface area contributed by atoms with Crippen LogP contribution in [0.15, 0.2) is 170 Å². The molecule has 10 rings (SSSR count). The maximum atomic E-state index is 5.03. The first-order chi connectivity index (χ1) is 24.3. The van der Waals surface area contributed by atoms with Gasteiger partial charge in [-0.2, -0.15) is 0 Å². The van der Waals surface area contributed by atoms with Crippen LogP contribution in [0.25, 0.3) is 94.0 Å². The number of nitrogens with zero attached hydrogens (tertiary/aromatic N) is 4. The minimum Gasteiger partial charge on any atom is -0.309 e. The van der Waals surface area contributed by atoms with Gasteiger partial charge in [0.2, 0.25) is 0 Å². The Bertz CT molecular complexity index is 2800. The molecule has 0 spiro atoms. The second kappa shape index (κ2) is 11.0. The van der Waals surface area contributed by atoms with Crippen LogP contribution in [-0.2, 0) is 0 Å². The summed E-state index contributed by atoms with van der Waals surface area (Å²) in [6, 6.07) is 59.8. The minimum atomic E-state index is 0.651. The standard InChI is InChI=1S/C45H28N4/c1-4-14-29(15-5-1)43-46-44(30-16-6-2-7-17-30)48-45(47-43)31-24-25-35-37(26-31)33-20-10-11-21-34(33)38-27-40-36-22-12-13-23-41(36)49(42(40)28-39(35)38)32-18-8-3-9-19-32/h1-28H. The molecule has 0 aliphatic carbocycles. The van der Waals surface area contributed by atoms with Crippen molar-refractivity contribution in [2.24, 2.45) is 0 Å². The van der Waals surface area contributed by atoms with E-state index in [1.165, 1.54) is 54.1 Å². The number of aromatic nitrogens is 4. The number of hydrogen-bond acceptors (Lipinski definition) is 3. The maximum absolute atomic E-state index is 5.03. The summed E-state index contributed by atoms with van der Waals surface area (Å²) >= 11 is 0. The van der Waals surface area contributed by atoms with E-state index in [0.29, 0.717) is 17.5 Å². The molecule has 0 unspecified atom stereocenters. The molecule has 4 heteroatoms. The van der Waals surface area contributed by atoms with Gasteiger partial charge in [-0.3, -0.25) is 0 Å². The van der Waals surface area contributed by atoms with Crippen LogP contribution in [0.3, 0.4) is 0 Å². The molecule has 228 valence electrons. The van der Waals surface area contributed by atoms with Crippen molar-refractivity contribution in [3.05, 3.63) is 170 Å². The largest absolute Gasteiger partial charge is 0.309 e. The van der Waals surface area contributed by atoms with Gasteiger partial charge in [0.1, 0.15) is 0 Å². The molecule has 0 N–H and O–H groups in total. The highest BCUT2D eigenvalue weighted by atomic mass is 15.0. The summed E-state index contributed by atoms with van der Waals surface area (Å²) in [7, 11) is 0. The van der Waals surface area contributed by atoms with E-state index in [1.54, 1.807) is 0 Å². The quantitative estimate of drug-likeness (QED) is 0.183. The van der Waals surface area contributed by atoms with E-state index in [2.05, 4.69) is 114 Å². The summed E-state index contributed by atoms with van der Waals surface area (Å²) < 4.78 is 2.39. The molecule has 10 aromatic rings. The molecule has 2 heterocycles. The lowest BCUT2D eigenvalue weighted by molar-refractivity contribution is 1.07. The third-order valence-electron chi connectivity index (χ3n) is 9.60. The van der Waals surface area contributed by atoms with E-state index >= 15 is 0 Å². The topological polar surface area (TPSA) is 43.6 Å². The molecule has 0 radical (unpaired) electrons. The third kappa shape index (κ3) is 4.42. The minimum absolute atomic E-state index is 0.651. The van der Waals surface area contributed by atoms with Crippen molar-refractivity contribution >= 4 is 54.1 Å². The molecule has 0 saturated carbocycles. The van der Waals surface area contributed by atoms with Crippen LogP contribution in [0.4, 0.5) is 0 Å². The fourth-order valence-electron chi connectivity index (χ4n) is 7.35. The summed E-state index contributed by atoms with van der Waals surface area (Å²) in [5, 5.41) is 9.77. The van der Waals surface area contributed by atoms with Crippen molar-refractivity contribution in [3.8, 4) is 39.9 Å². The van der Waals surface area contributed by atoms with E-state index in [0.717, 1.165) is 22.4 Å². The van der Waals surface area contributed by atoms with Gasteiger partial charge in [-0.25, -0.2) is 15.0 Å². The second-order valence-electron chi connectivity index (χ2n) is 12.4. The highest BCUT2D eigenvalue weighted by Gasteiger charge is 2.18. The van der Waals surface area contributed by atoms with Crippen LogP contribution < -0.4 is 0 Å². The van der Waals surface area contributed by atoms with Gasteiger partial charge >= 0.3 is 0 Å². The summed E-state index contributed by atoms with van der Waals surface area (Å²) in [5.74, 6) is 1.96. The van der Waals surface area contributed by atoms with Gasteiger partial charge < -0.3 is 4.57 Å². The lowest BCUT2D eigenvalue weighted by atomic mass is 9.92. The van der Waals surface area contributed by atoms with Crippen LogP contribution in [0, 0.1) is 0 Å². The first-order valence-electron chi connectivity index (χ1n) is 16.5. The first kappa shape index (κ1) is 27.5. The molecule has 8 aromatic carbocycles. The number of benzene rings is 8. The molecule has 0 amide bonds. The molecule has 0 aliphatic heterocycles. The smallest absolute Gasteiger partial charge is 0.164 e. The SMILES string of the molecule is c1ccc(-c2nc(-c3ccccc3)nc(-c3ccc4c(c3)c3ccccc3c3cc5c6ccccc6n(-c6ccccc6)c5cc43)n2)cc1. The Hall–Kier alpha value is -6.65. The van der Waals surface area contributed by atoms with Crippen molar-refractivity contribution in [1.29, 1.82) is 0 Å². The predicted molar refractivity (Wildman–Crippen MR) is 203 cm³/mol. The van der Waals surface area contributed by atoms with Crippen LogP contribution in [0.1, 0.15) is 0 Å².